The molecule has 1 N–H and O–H groups in total. The van der Waals surface area contributed by atoms with Gasteiger partial charge in [-0.25, -0.2) is 9.07 Å². The predicted molar refractivity (Wildman–Crippen MR) is 97.5 cm³/mol. The van der Waals surface area contributed by atoms with Crippen molar-refractivity contribution >= 4 is 27.7 Å². The number of fused-ring (bicyclic) bond motifs is 1. The van der Waals surface area contributed by atoms with Gasteiger partial charge in [0.15, 0.2) is 0 Å². The van der Waals surface area contributed by atoms with Gasteiger partial charge in [0.05, 0.1) is 11.9 Å². The lowest BCUT2D eigenvalue weighted by atomic mass is 9.87. The molecule has 0 spiro atoms. The van der Waals surface area contributed by atoms with Crippen LogP contribution >= 0.6 is 15.9 Å². The number of rotatable bonds is 2. The van der Waals surface area contributed by atoms with Gasteiger partial charge in [0, 0.05) is 22.4 Å². The van der Waals surface area contributed by atoms with Gasteiger partial charge in [-0.1, -0.05) is 33.6 Å². The van der Waals surface area contributed by atoms with Crippen molar-refractivity contribution in [3.63, 3.8) is 0 Å². The molecule has 1 aromatic heterocycles. The lowest BCUT2D eigenvalue weighted by Crippen LogP contribution is -2.25. The van der Waals surface area contributed by atoms with Gasteiger partial charge in [0.25, 0.3) is 0 Å². The van der Waals surface area contributed by atoms with E-state index in [0.29, 0.717) is 11.4 Å². The molecule has 126 valence electrons. The van der Waals surface area contributed by atoms with Crippen LogP contribution in [0.3, 0.4) is 0 Å². The minimum absolute atomic E-state index is 0.147. The Labute approximate surface area is 152 Å². The summed E-state index contributed by atoms with van der Waals surface area (Å²) in [7, 11) is 0. The topological polar surface area (TPSA) is 46.9 Å². The van der Waals surface area contributed by atoms with Crippen molar-refractivity contribution in [1.29, 1.82) is 0 Å². The molecule has 0 saturated heterocycles. The van der Waals surface area contributed by atoms with Gasteiger partial charge in [0.2, 0.25) is 5.91 Å². The smallest absolute Gasteiger partial charge is 0.226 e. The van der Waals surface area contributed by atoms with E-state index in [0.717, 1.165) is 21.3 Å². The van der Waals surface area contributed by atoms with Gasteiger partial charge in [-0.15, -0.1) is 0 Å². The van der Waals surface area contributed by atoms with E-state index in [1.807, 2.05) is 31.2 Å². The summed E-state index contributed by atoms with van der Waals surface area (Å²) >= 11 is 3.38. The lowest BCUT2D eigenvalue weighted by Gasteiger charge is -2.24. The highest BCUT2D eigenvalue weighted by atomic mass is 79.9. The van der Waals surface area contributed by atoms with Crippen molar-refractivity contribution in [1.82, 2.24) is 9.78 Å². The molecule has 0 bridgehead atoms. The molecule has 0 aliphatic carbocycles. The summed E-state index contributed by atoms with van der Waals surface area (Å²) in [5.74, 6) is -0.229. The Kier molecular flexibility index (Phi) is 3.92. The summed E-state index contributed by atoms with van der Waals surface area (Å²) in [6.07, 6.45) is 1.90. The largest absolute Gasteiger partial charge is 0.310 e. The van der Waals surface area contributed by atoms with E-state index in [2.05, 4.69) is 26.3 Å². The Balaban J connectivity index is 1.84. The highest BCUT2D eigenvalue weighted by Gasteiger charge is 2.32. The molecule has 0 saturated carbocycles. The van der Waals surface area contributed by atoms with Crippen LogP contribution in [0, 0.1) is 12.7 Å². The fourth-order valence-corrected chi connectivity index (χ4v) is 3.54. The molecule has 1 aliphatic rings. The first kappa shape index (κ1) is 16.0. The molecule has 1 atom stereocenters. The molecule has 4 rings (SSSR count). The fourth-order valence-electron chi connectivity index (χ4n) is 3.16. The highest BCUT2D eigenvalue weighted by molar-refractivity contribution is 9.10. The number of benzene rings is 2. The molecule has 4 nitrogen and oxygen atoms in total. The van der Waals surface area contributed by atoms with E-state index in [9.17, 15) is 9.18 Å². The predicted octanol–water partition coefficient (Wildman–Crippen LogP) is 4.56. The monoisotopic (exact) mass is 399 g/mol. The van der Waals surface area contributed by atoms with Crippen molar-refractivity contribution < 1.29 is 9.18 Å². The van der Waals surface area contributed by atoms with Gasteiger partial charge in [-0.2, -0.15) is 5.10 Å². The minimum atomic E-state index is -0.361. The molecule has 0 fully saturated rings. The van der Waals surface area contributed by atoms with Gasteiger partial charge < -0.3 is 5.32 Å². The molecule has 2 heterocycles. The van der Waals surface area contributed by atoms with E-state index >= 15 is 0 Å². The number of nitrogens with one attached hydrogen (secondary N) is 1. The Hall–Kier alpha value is -2.47. The third kappa shape index (κ3) is 2.87. The van der Waals surface area contributed by atoms with E-state index < -0.39 is 0 Å². The molecule has 2 aromatic carbocycles. The van der Waals surface area contributed by atoms with Gasteiger partial charge in [-0.3, -0.25) is 4.79 Å². The van der Waals surface area contributed by atoms with Crippen molar-refractivity contribution in [3.8, 4) is 5.69 Å². The quantitative estimate of drug-likeness (QED) is 0.686. The van der Waals surface area contributed by atoms with Crippen LogP contribution in [-0.4, -0.2) is 15.7 Å². The number of amides is 1. The number of nitrogens with zero attached hydrogens (tertiary/aromatic N) is 2. The summed E-state index contributed by atoms with van der Waals surface area (Å²) in [6, 6.07) is 12.6. The maximum absolute atomic E-state index is 14.4. The second-order valence-electron chi connectivity index (χ2n) is 6.17. The number of halogens is 2. The Morgan fingerprint density at radius 3 is 2.72 bits per heavy atom. The summed E-state index contributed by atoms with van der Waals surface area (Å²) in [6.45, 7) is 2.01. The maximum Gasteiger partial charge on any atom is 0.226 e. The number of hydrogen-bond acceptors (Lipinski definition) is 2. The summed E-state index contributed by atoms with van der Waals surface area (Å²) < 4.78 is 16.8. The van der Waals surface area contributed by atoms with Crippen LogP contribution in [0.25, 0.3) is 5.69 Å². The first-order chi connectivity index (χ1) is 12.0. The second-order valence-corrected chi connectivity index (χ2v) is 7.08. The first-order valence-electron chi connectivity index (χ1n) is 7.92. The number of aromatic nitrogens is 2. The zero-order valence-electron chi connectivity index (χ0n) is 13.5. The Morgan fingerprint density at radius 2 is 1.96 bits per heavy atom. The molecule has 1 amide bonds. The average Bonchev–Trinajstić information content (AvgIpc) is 3.01. The zero-order valence-corrected chi connectivity index (χ0v) is 15.0. The molecule has 1 aliphatic heterocycles. The van der Waals surface area contributed by atoms with Gasteiger partial charge in [-0.05, 0) is 42.8 Å². The molecular weight excluding hydrogens is 385 g/mol. The van der Waals surface area contributed by atoms with Gasteiger partial charge >= 0.3 is 0 Å². The fraction of sp³-hybridized carbons (Fsp3) is 0.158. The second kappa shape index (κ2) is 6.11. The first-order valence-corrected chi connectivity index (χ1v) is 8.72. The Morgan fingerprint density at radius 1 is 1.20 bits per heavy atom. The molecule has 0 radical (unpaired) electrons. The number of aryl methyl sites for hydroxylation is 1. The van der Waals surface area contributed by atoms with Crippen LogP contribution in [0.2, 0.25) is 0 Å². The molecule has 6 heteroatoms. The van der Waals surface area contributed by atoms with Crippen LogP contribution in [0.1, 0.15) is 29.0 Å². The van der Waals surface area contributed by atoms with E-state index in [1.165, 1.54) is 6.07 Å². The third-order valence-corrected chi connectivity index (χ3v) is 4.93. The molecule has 3 aromatic rings. The highest BCUT2D eigenvalue weighted by Crippen LogP contribution is 2.39. The number of hydrogen-bond donors (Lipinski definition) is 1. The van der Waals surface area contributed by atoms with Crippen molar-refractivity contribution in [2.75, 3.05) is 5.32 Å². The Bertz CT molecular complexity index is 965. The molecular formula is C19H15BrFN3O. The average molecular weight is 400 g/mol. The number of carbonyl (C=O) groups excluding carboxylic acids is 1. The zero-order chi connectivity index (χ0) is 17.6. The standard InChI is InChI=1S/C19H15BrFN3O/c1-11-2-5-13(6-3-11)24-19-16(10-22-24)14(9-18(25)23-19)15-8-12(20)4-7-17(15)21/h2-8,10,14H,9H2,1H3,(H,23,25). The molecule has 25 heavy (non-hydrogen) atoms. The van der Waals surface area contributed by atoms with Crippen LogP contribution < -0.4 is 5.32 Å². The SMILES string of the molecule is Cc1ccc(-n2ncc3c2NC(=O)CC3c2cc(Br)ccc2F)cc1. The number of carbonyl (C=O) groups is 1. The van der Waals surface area contributed by atoms with E-state index in [-0.39, 0.29) is 24.1 Å². The maximum atomic E-state index is 14.4. The van der Waals surface area contributed by atoms with Crippen molar-refractivity contribution in [2.24, 2.45) is 0 Å². The van der Waals surface area contributed by atoms with Crippen LogP contribution in [0.15, 0.2) is 53.1 Å². The normalized spacial score (nSPS) is 16.4. The van der Waals surface area contributed by atoms with Crippen LogP contribution in [0.5, 0.6) is 0 Å². The summed E-state index contributed by atoms with van der Waals surface area (Å²) in [4.78, 5) is 12.3. The molecule has 1 unspecified atom stereocenters. The lowest BCUT2D eigenvalue weighted by molar-refractivity contribution is -0.116. The van der Waals surface area contributed by atoms with E-state index in [1.54, 1.807) is 23.0 Å². The van der Waals surface area contributed by atoms with Crippen LogP contribution in [0.4, 0.5) is 10.2 Å². The summed E-state index contributed by atoms with van der Waals surface area (Å²) in [5.41, 5.74) is 3.30. The van der Waals surface area contributed by atoms with Gasteiger partial charge in [0.1, 0.15) is 11.6 Å². The van der Waals surface area contributed by atoms with Crippen LogP contribution in [-0.2, 0) is 4.79 Å². The third-order valence-electron chi connectivity index (χ3n) is 4.43. The van der Waals surface area contributed by atoms with Crippen molar-refractivity contribution in [2.45, 2.75) is 19.3 Å². The summed E-state index contributed by atoms with van der Waals surface area (Å²) in [5, 5.41) is 7.31. The van der Waals surface area contributed by atoms with Crippen molar-refractivity contribution in [3.05, 3.63) is 75.6 Å². The minimum Gasteiger partial charge on any atom is -0.310 e. The van der Waals surface area contributed by atoms with E-state index in [4.69, 9.17) is 0 Å². The number of anilines is 1.